The zero-order valence-corrected chi connectivity index (χ0v) is 37.1. The Balaban J connectivity index is 0.803. The summed E-state index contributed by atoms with van der Waals surface area (Å²) in [6, 6.07) is 10.4. The summed E-state index contributed by atoms with van der Waals surface area (Å²) in [5.74, 6) is -3.53. The number of fused-ring (bicyclic) bond motifs is 4. The van der Waals surface area contributed by atoms with Gasteiger partial charge in [0.15, 0.2) is 12.4 Å². The van der Waals surface area contributed by atoms with Crippen LogP contribution in [0.2, 0.25) is 5.02 Å². The van der Waals surface area contributed by atoms with Crippen LogP contribution in [0.25, 0.3) is 21.8 Å². The van der Waals surface area contributed by atoms with Crippen molar-refractivity contribution < 1.29 is 27.8 Å². The fraction of sp³-hybridized carbons (Fsp3) is 0.511. The molecule has 0 bridgehead atoms. The zero-order chi connectivity index (χ0) is 44.9. The highest BCUT2D eigenvalue weighted by Gasteiger charge is 2.51. The molecule has 3 saturated heterocycles. The van der Waals surface area contributed by atoms with Crippen LogP contribution in [0.15, 0.2) is 47.4 Å². The number of amides is 2. The van der Waals surface area contributed by atoms with Gasteiger partial charge in [0, 0.05) is 61.7 Å². The van der Waals surface area contributed by atoms with Crippen molar-refractivity contribution >= 4 is 74.0 Å². The maximum absolute atomic E-state index is 15.2. The van der Waals surface area contributed by atoms with Crippen molar-refractivity contribution in [3.8, 4) is 5.75 Å². The van der Waals surface area contributed by atoms with Gasteiger partial charge in [-0.3, -0.25) is 24.4 Å². The van der Waals surface area contributed by atoms with Gasteiger partial charge in [-0.15, -0.1) is 0 Å². The Morgan fingerprint density at radius 3 is 2.42 bits per heavy atom. The lowest BCUT2D eigenvalue weighted by atomic mass is 9.78. The molecule has 2 aromatic carbocycles. The van der Waals surface area contributed by atoms with Gasteiger partial charge in [-0.25, -0.2) is 13.8 Å². The van der Waals surface area contributed by atoms with Crippen molar-refractivity contribution in [3.63, 3.8) is 0 Å². The molecule has 0 spiro atoms. The van der Waals surface area contributed by atoms with E-state index >= 15 is 8.78 Å². The smallest absolute Gasteiger partial charge is 0.301 e. The minimum atomic E-state index is -3.15. The monoisotopic (exact) mass is 899 g/mol. The molecular formula is C45H52ClF2N11O5. The van der Waals surface area contributed by atoms with E-state index < -0.39 is 35.6 Å². The number of piperazine rings is 1. The quantitative estimate of drug-likeness (QED) is 0.0919. The maximum atomic E-state index is 15.2. The average Bonchev–Trinajstić information content (AvgIpc) is 4.08. The number of carbonyl (C=O) groups excluding carboxylic acids is 2. The summed E-state index contributed by atoms with van der Waals surface area (Å²) in [7, 11) is 3.46. The second kappa shape index (κ2) is 15.5. The van der Waals surface area contributed by atoms with Crippen molar-refractivity contribution in [3.05, 3.63) is 68.9 Å². The standard InChI is InChI=1S/C45H52ClF2N11O5/c1-44(2,26-13-15-57(16-14-26)28-8-9-29-34(22-28)56(4)54-36(29)30-10-12-35(60)51-41(30)61)59(63)19-17-58(18-20-59)43-49-23-32(46)40(53-43)50-27-7-11-33-31(21-27)37-38(42(62)55(33)3)64-24-45(47,48)39(52-37)25-5-6-25/h7-9,11,21-23,25-26,30,39,52H,5-6,10,12-20,24H2,1-4H3,(H,49,50,53)(H,51,60,61)/t30?,39-/m0/s1. The van der Waals surface area contributed by atoms with Crippen LogP contribution in [0, 0.1) is 17.0 Å². The second-order valence-corrected chi connectivity index (χ2v) is 19.2. The minimum Gasteiger partial charge on any atom is -0.632 e. The van der Waals surface area contributed by atoms with Crippen molar-refractivity contribution in [1.82, 2.24) is 29.6 Å². The van der Waals surface area contributed by atoms with Crippen LogP contribution >= 0.6 is 11.6 Å². The molecule has 64 heavy (non-hydrogen) atoms. The van der Waals surface area contributed by atoms with Gasteiger partial charge in [0.2, 0.25) is 23.5 Å². The number of aryl methyl sites for hydroxylation is 2. The Labute approximate surface area is 373 Å². The van der Waals surface area contributed by atoms with Crippen LogP contribution in [0.1, 0.15) is 64.0 Å². The SMILES string of the molecule is Cn1nc(C2CCC(=O)NC2=O)c2ccc(N3CCC(C(C)(C)[N+]4([O-])CCN(c5ncc(Cl)c(Nc6ccc7c(c6)c6c(c(=O)n7C)OCC(F)(F)[C@H](C7CC7)N6)n5)CC4)CC3)cc21. The highest BCUT2D eigenvalue weighted by Crippen LogP contribution is 2.46. The number of carbonyl (C=O) groups is 2. The number of hydroxylamine groups is 3. The van der Waals surface area contributed by atoms with Gasteiger partial charge in [-0.05, 0) is 88.3 Å². The highest BCUT2D eigenvalue weighted by atomic mass is 35.5. The first kappa shape index (κ1) is 42.4. The summed E-state index contributed by atoms with van der Waals surface area (Å²) in [5.41, 5.74) is 3.02. The van der Waals surface area contributed by atoms with Crippen LogP contribution in [-0.2, 0) is 23.7 Å². The van der Waals surface area contributed by atoms with Gasteiger partial charge in [-0.1, -0.05) is 11.6 Å². The normalized spacial score (nSPS) is 22.8. The third-order valence-corrected chi connectivity index (χ3v) is 15.0. The lowest BCUT2D eigenvalue weighted by Gasteiger charge is -2.60. The molecule has 16 nitrogen and oxygen atoms in total. The molecule has 5 aromatic rings. The van der Waals surface area contributed by atoms with Gasteiger partial charge in [-0.2, -0.15) is 10.1 Å². The molecule has 0 radical (unpaired) electrons. The number of piperidine rings is 2. The summed E-state index contributed by atoms with van der Waals surface area (Å²) < 4.78 is 38.8. The second-order valence-electron chi connectivity index (χ2n) is 18.8. The fourth-order valence-corrected chi connectivity index (χ4v) is 10.6. The minimum absolute atomic E-state index is 0.132. The summed E-state index contributed by atoms with van der Waals surface area (Å²) in [6.07, 6.45) is 5.36. The lowest BCUT2D eigenvalue weighted by Crippen LogP contribution is -2.68. The fourth-order valence-electron chi connectivity index (χ4n) is 10.4. The molecule has 5 aliphatic rings. The number of aromatic nitrogens is 5. The number of nitrogens with zero attached hydrogens (tertiary/aromatic N) is 8. The van der Waals surface area contributed by atoms with Crippen LogP contribution in [0.4, 0.5) is 37.6 Å². The van der Waals surface area contributed by atoms with Gasteiger partial charge in [0.1, 0.15) is 5.02 Å². The van der Waals surface area contributed by atoms with E-state index in [2.05, 4.69) is 51.8 Å². The Kier molecular flexibility index (Phi) is 10.3. The van der Waals surface area contributed by atoms with E-state index in [0.29, 0.717) is 85.9 Å². The lowest BCUT2D eigenvalue weighted by molar-refractivity contribution is -0.933. The van der Waals surface area contributed by atoms with E-state index in [1.807, 2.05) is 18.0 Å². The first-order valence-corrected chi connectivity index (χ1v) is 22.5. The Morgan fingerprint density at radius 1 is 0.953 bits per heavy atom. The van der Waals surface area contributed by atoms with Crippen molar-refractivity contribution in [1.29, 1.82) is 0 Å². The molecule has 4 aliphatic heterocycles. The van der Waals surface area contributed by atoms with E-state index in [-0.39, 0.29) is 44.8 Å². The van der Waals surface area contributed by atoms with E-state index in [0.717, 1.165) is 42.5 Å². The van der Waals surface area contributed by atoms with Crippen LogP contribution < -0.4 is 36.0 Å². The largest absolute Gasteiger partial charge is 0.632 e. The number of hydrogen-bond donors (Lipinski definition) is 3. The average molecular weight is 900 g/mol. The number of benzene rings is 2. The van der Waals surface area contributed by atoms with E-state index in [9.17, 15) is 19.6 Å². The van der Waals surface area contributed by atoms with E-state index in [1.54, 1.807) is 29.9 Å². The highest BCUT2D eigenvalue weighted by molar-refractivity contribution is 6.33. The molecule has 2 atom stereocenters. The topological polar surface area (TPSA) is 175 Å². The van der Waals surface area contributed by atoms with Crippen molar-refractivity contribution in [2.24, 2.45) is 25.9 Å². The molecule has 338 valence electrons. The molecule has 1 aliphatic carbocycles. The van der Waals surface area contributed by atoms with Gasteiger partial charge < -0.3 is 39.6 Å². The number of ether oxygens (including phenoxy) is 1. The van der Waals surface area contributed by atoms with Gasteiger partial charge >= 0.3 is 5.92 Å². The predicted molar refractivity (Wildman–Crippen MR) is 241 cm³/mol. The first-order chi connectivity index (χ1) is 30.5. The third-order valence-electron chi connectivity index (χ3n) is 14.7. The summed E-state index contributed by atoms with van der Waals surface area (Å²) >= 11 is 6.64. The zero-order valence-electron chi connectivity index (χ0n) is 36.3. The van der Waals surface area contributed by atoms with Gasteiger partial charge in [0.25, 0.3) is 5.56 Å². The van der Waals surface area contributed by atoms with Crippen molar-refractivity contribution in [2.75, 3.05) is 66.3 Å². The van der Waals surface area contributed by atoms with Crippen LogP contribution in [0.3, 0.4) is 0 Å². The van der Waals surface area contributed by atoms with Crippen molar-refractivity contribution in [2.45, 2.75) is 75.8 Å². The number of nitrogens with one attached hydrogen (secondary N) is 3. The number of quaternary nitrogens is 1. The molecule has 3 N–H and O–H groups in total. The van der Waals surface area contributed by atoms with E-state index in [4.69, 9.17) is 26.4 Å². The molecule has 2 amide bonds. The molecule has 4 fully saturated rings. The number of alkyl halides is 2. The Hall–Kier alpha value is -5.59. The summed E-state index contributed by atoms with van der Waals surface area (Å²) in [4.78, 5) is 51.4. The van der Waals surface area contributed by atoms with Crippen LogP contribution in [0.5, 0.6) is 5.75 Å². The maximum Gasteiger partial charge on any atom is 0.301 e. The number of imide groups is 1. The molecular weight excluding hydrogens is 848 g/mol. The first-order valence-electron chi connectivity index (χ1n) is 22.1. The number of anilines is 5. The summed E-state index contributed by atoms with van der Waals surface area (Å²) in [6.45, 7) is 6.56. The molecule has 19 heteroatoms. The number of hydrogen-bond acceptors (Lipinski definition) is 12. The molecule has 1 saturated carbocycles. The molecule has 7 heterocycles. The number of pyridine rings is 1. The predicted octanol–water partition coefficient (Wildman–Crippen LogP) is 6.18. The van der Waals surface area contributed by atoms with Crippen LogP contribution in [-0.4, -0.2) is 104 Å². The Morgan fingerprint density at radius 2 is 1.70 bits per heavy atom. The number of rotatable bonds is 8. The number of halogens is 3. The van der Waals surface area contributed by atoms with Gasteiger partial charge in [0.05, 0.1) is 72.3 Å². The molecule has 3 aromatic heterocycles. The van der Waals surface area contributed by atoms with E-state index in [1.165, 1.54) is 10.8 Å². The molecule has 10 rings (SSSR count). The third kappa shape index (κ3) is 7.26. The Bertz CT molecular complexity index is 2760. The summed E-state index contributed by atoms with van der Waals surface area (Å²) in [5, 5.41) is 29.9. The molecule has 1 unspecified atom stereocenters.